The second kappa shape index (κ2) is 5.86. The largest absolute Gasteiger partial charge is 0.380 e. The first kappa shape index (κ1) is 10.1. The van der Waals surface area contributed by atoms with Gasteiger partial charge in [0.25, 0.3) is 0 Å². The highest BCUT2D eigenvalue weighted by molar-refractivity contribution is 5.23. The van der Waals surface area contributed by atoms with Crippen molar-refractivity contribution in [2.45, 2.75) is 6.92 Å². The van der Waals surface area contributed by atoms with Crippen molar-refractivity contribution in [1.82, 2.24) is 0 Å². The van der Waals surface area contributed by atoms with Gasteiger partial charge in [0, 0.05) is 7.11 Å². The van der Waals surface area contributed by atoms with Crippen molar-refractivity contribution in [2.24, 2.45) is 0 Å². The van der Waals surface area contributed by atoms with Gasteiger partial charge < -0.3 is 4.74 Å². The molecule has 62 valence electrons. The highest BCUT2D eigenvalue weighted by Crippen LogP contribution is 2.03. The molecule has 0 aromatic rings. The molecule has 0 atom stereocenters. The molecule has 0 saturated carbocycles. The summed E-state index contributed by atoms with van der Waals surface area (Å²) in [6.07, 6.45) is 4.36. The van der Waals surface area contributed by atoms with E-state index in [4.69, 9.17) is 4.74 Å². The Hall–Kier alpha value is -0.890. The lowest BCUT2D eigenvalue weighted by atomic mass is 10.3. The van der Waals surface area contributed by atoms with Crippen molar-refractivity contribution < 1.29 is 9.13 Å². The smallest absolute Gasteiger partial charge is 0.123 e. The van der Waals surface area contributed by atoms with Gasteiger partial charge in [0.1, 0.15) is 5.83 Å². The van der Waals surface area contributed by atoms with Gasteiger partial charge in [-0.05, 0) is 24.6 Å². The van der Waals surface area contributed by atoms with Crippen LogP contribution in [-0.4, -0.2) is 13.7 Å². The molecular weight excluding hydrogens is 143 g/mol. The van der Waals surface area contributed by atoms with Crippen LogP contribution in [0.25, 0.3) is 0 Å². The lowest BCUT2D eigenvalue weighted by molar-refractivity contribution is 0.228. The van der Waals surface area contributed by atoms with Gasteiger partial charge in [-0.3, -0.25) is 0 Å². The maximum Gasteiger partial charge on any atom is 0.123 e. The van der Waals surface area contributed by atoms with Crippen molar-refractivity contribution in [3.63, 3.8) is 0 Å². The van der Waals surface area contributed by atoms with E-state index in [9.17, 15) is 4.39 Å². The molecule has 0 amide bonds. The molecule has 0 spiro atoms. The zero-order valence-corrected chi connectivity index (χ0v) is 6.93. The normalized spacial score (nSPS) is 12.5. The highest BCUT2D eigenvalue weighted by atomic mass is 19.1. The van der Waals surface area contributed by atoms with E-state index < -0.39 is 0 Å². The third-order valence-electron chi connectivity index (χ3n) is 0.998. The molecule has 0 bridgehead atoms. The summed E-state index contributed by atoms with van der Waals surface area (Å²) in [6, 6.07) is 0. The minimum Gasteiger partial charge on any atom is -0.380 e. The van der Waals surface area contributed by atoms with Crippen LogP contribution in [0.15, 0.2) is 36.2 Å². The van der Waals surface area contributed by atoms with E-state index in [0.29, 0.717) is 12.2 Å². The fourth-order valence-electron chi connectivity index (χ4n) is 0.629. The van der Waals surface area contributed by atoms with Crippen molar-refractivity contribution in [3.05, 3.63) is 36.2 Å². The van der Waals surface area contributed by atoms with Crippen LogP contribution < -0.4 is 0 Å². The summed E-state index contributed by atoms with van der Waals surface area (Å²) in [5.41, 5.74) is 0.628. The van der Waals surface area contributed by atoms with Gasteiger partial charge in [-0.15, -0.1) is 0 Å². The molecule has 0 aliphatic carbocycles. The lowest BCUT2D eigenvalue weighted by Gasteiger charge is -1.95. The summed E-state index contributed by atoms with van der Waals surface area (Å²) in [7, 11) is 1.55. The van der Waals surface area contributed by atoms with Crippen LogP contribution in [0.4, 0.5) is 4.39 Å². The van der Waals surface area contributed by atoms with Gasteiger partial charge in [0.05, 0.1) is 6.61 Å². The van der Waals surface area contributed by atoms with Gasteiger partial charge in [-0.2, -0.15) is 0 Å². The quantitative estimate of drug-likeness (QED) is 0.568. The van der Waals surface area contributed by atoms with E-state index in [1.807, 2.05) is 0 Å². The van der Waals surface area contributed by atoms with E-state index in [-0.39, 0.29) is 5.83 Å². The summed E-state index contributed by atoms with van der Waals surface area (Å²) in [4.78, 5) is 0. The average molecular weight is 156 g/mol. The fourth-order valence-corrected chi connectivity index (χ4v) is 0.629. The van der Waals surface area contributed by atoms with Gasteiger partial charge in [-0.1, -0.05) is 12.7 Å². The summed E-state index contributed by atoms with van der Waals surface area (Å²) in [5, 5.41) is 0. The van der Waals surface area contributed by atoms with Crippen LogP contribution in [0.1, 0.15) is 6.92 Å². The first-order valence-electron chi connectivity index (χ1n) is 3.37. The SMILES string of the molecule is C=C(/C=C(F)\C=C/C)COC. The van der Waals surface area contributed by atoms with Crippen molar-refractivity contribution in [1.29, 1.82) is 0 Å². The molecule has 11 heavy (non-hydrogen) atoms. The van der Waals surface area contributed by atoms with E-state index in [2.05, 4.69) is 6.58 Å². The summed E-state index contributed by atoms with van der Waals surface area (Å²) >= 11 is 0. The zero-order chi connectivity index (χ0) is 8.69. The summed E-state index contributed by atoms with van der Waals surface area (Å²) < 4.78 is 17.4. The lowest BCUT2D eigenvalue weighted by Crippen LogP contribution is -1.89. The Kier molecular flexibility index (Phi) is 5.39. The zero-order valence-electron chi connectivity index (χ0n) is 6.93. The molecule has 0 aliphatic rings. The molecule has 0 fully saturated rings. The standard InChI is InChI=1S/C9H13FO/c1-4-5-9(10)6-8(2)7-11-3/h4-6H,2,7H2,1,3H3/b5-4-,9-6+. The topological polar surface area (TPSA) is 9.23 Å². The Morgan fingerprint density at radius 3 is 2.73 bits per heavy atom. The molecule has 0 saturated heterocycles. The van der Waals surface area contributed by atoms with E-state index in [0.717, 1.165) is 0 Å². The number of ether oxygens (including phenoxy) is 1. The van der Waals surface area contributed by atoms with Crippen molar-refractivity contribution in [2.75, 3.05) is 13.7 Å². The molecule has 0 aromatic carbocycles. The van der Waals surface area contributed by atoms with Gasteiger partial charge in [0.2, 0.25) is 0 Å². The molecule has 0 rings (SSSR count). The van der Waals surface area contributed by atoms with E-state index in [1.54, 1.807) is 20.1 Å². The number of hydrogen-bond donors (Lipinski definition) is 0. The average Bonchev–Trinajstić information content (AvgIpc) is 1.87. The molecule has 0 heterocycles. The van der Waals surface area contributed by atoms with Crippen LogP contribution >= 0.6 is 0 Å². The molecule has 0 radical (unpaired) electrons. The Labute approximate surface area is 66.9 Å². The number of allylic oxidation sites excluding steroid dienone is 3. The first-order valence-corrected chi connectivity index (χ1v) is 3.37. The Morgan fingerprint density at radius 1 is 1.64 bits per heavy atom. The number of hydrogen-bond acceptors (Lipinski definition) is 1. The monoisotopic (exact) mass is 156 g/mol. The van der Waals surface area contributed by atoms with Crippen LogP contribution in [0.3, 0.4) is 0 Å². The van der Waals surface area contributed by atoms with Crippen molar-refractivity contribution >= 4 is 0 Å². The molecule has 0 aliphatic heterocycles. The second-order valence-electron chi connectivity index (χ2n) is 2.12. The van der Waals surface area contributed by atoms with E-state index >= 15 is 0 Å². The molecule has 1 nitrogen and oxygen atoms in total. The Balaban J connectivity index is 3.96. The summed E-state index contributed by atoms with van der Waals surface area (Å²) in [6.45, 7) is 5.71. The molecule has 0 unspecified atom stereocenters. The van der Waals surface area contributed by atoms with E-state index in [1.165, 1.54) is 12.2 Å². The molecule has 0 aromatic heterocycles. The van der Waals surface area contributed by atoms with Gasteiger partial charge in [0.15, 0.2) is 0 Å². The van der Waals surface area contributed by atoms with Crippen molar-refractivity contribution in [3.8, 4) is 0 Å². The molecular formula is C9H13FO. The molecule has 2 heteroatoms. The number of rotatable bonds is 4. The Morgan fingerprint density at radius 2 is 2.27 bits per heavy atom. The predicted octanol–water partition coefficient (Wildman–Crippen LogP) is 2.62. The highest BCUT2D eigenvalue weighted by Gasteiger charge is 1.90. The maximum atomic E-state index is 12.6. The third-order valence-corrected chi connectivity index (χ3v) is 0.998. The minimum absolute atomic E-state index is 0.297. The van der Waals surface area contributed by atoms with Gasteiger partial charge >= 0.3 is 0 Å². The predicted molar refractivity (Wildman–Crippen MR) is 45.0 cm³/mol. The number of halogens is 1. The maximum absolute atomic E-state index is 12.6. The Bertz CT molecular complexity index is 180. The van der Waals surface area contributed by atoms with Crippen LogP contribution in [-0.2, 0) is 4.74 Å². The van der Waals surface area contributed by atoms with Gasteiger partial charge in [-0.25, -0.2) is 4.39 Å². The van der Waals surface area contributed by atoms with Crippen LogP contribution in [0, 0.1) is 0 Å². The number of methoxy groups -OCH3 is 1. The minimum atomic E-state index is -0.297. The first-order chi connectivity index (χ1) is 5.20. The molecule has 0 N–H and O–H groups in total. The van der Waals surface area contributed by atoms with Crippen LogP contribution in [0.5, 0.6) is 0 Å². The van der Waals surface area contributed by atoms with Crippen LogP contribution in [0.2, 0.25) is 0 Å². The second-order valence-corrected chi connectivity index (χ2v) is 2.12. The third kappa shape index (κ3) is 5.55. The fraction of sp³-hybridized carbons (Fsp3) is 0.333. The summed E-state index contributed by atoms with van der Waals surface area (Å²) in [5.74, 6) is -0.297.